The lowest BCUT2D eigenvalue weighted by molar-refractivity contribution is -0.137. The summed E-state index contributed by atoms with van der Waals surface area (Å²) in [5.74, 6) is 0.603. The number of alkyl halides is 3. The third-order valence-corrected chi connectivity index (χ3v) is 8.53. The van der Waals surface area contributed by atoms with Gasteiger partial charge in [0.25, 0.3) is 0 Å². The fraction of sp³-hybridized carbons (Fsp3) is 0.381. The molecule has 2 aromatic carbocycles. The molecule has 1 amide bonds. The van der Waals surface area contributed by atoms with Crippen LogP contribution >= 0.6 is 11.8 Å². The molecule has 0 aromatic heterocycles. The van der Waals surface area contributed by atoms with Gasteiger partial charge in [0.2, 0.25) is 15.9 Å². The van der Waals surface area contributed by atoms with Gasteiger partial charge in [-0.25, -0.2) is 8.42 Å². The first-order chi connectivity index (χ1) is 15.1. The van der Waals surface area contributed by atoms with Crippen molar-refractivity contribution in [2.45, 2.75) is 22.9 Å². The highest BCUT2D eigenvalue weighted by atomic mass is 32.2. The molecule has 0 radical (unpaired) electrons. The van der Waals surface area contributed by atoms with Crippen LogP contribution < -0.4 is 9.80 Å². The topological polar surface area (TPSA) is 60.9 Å². The lowest BCUT2D eigenvalue weighted by Gasteiger charge is -2.36. The van der Waals surface area contributed by atoms with Gasteiger partial charge in [-0.15, -0.1) is 11.8 Å². The van der Waals surface area contributed by atoms with E-state index in [0.717, 1.165) is 22.8 Å². The van der Waals surface area contributed by atoms with Gasteiger partial charge in [-0.2, -0.15) is 17.5 Å². The molecular formula is C21H22F3N3O3S2. The highest BCUT2D eigenvalue weighted by Gasteiger charge is 2.33. The van der Waals surface area contributed by atoms with Crippen LogP contribution in [0, 0.1) is 0 Å². The van der Waals surface area contributed by atoms with Gasteiger partial charge in [0.15, 0.2) is 0 Å². The lowest BCUT2D eigenvalue weighted by atomic mass is 10.1. The van der Waals surface area contributed by atoms with E-state index >= 15 is 0 Å². The highest BCUT2D eigenvalue weighted by Crippen LogP contribution is 2.37. The summed E-state index contributed by atoms with van der Waals surface area (Å²) in [4.78, 5) is 16.3. The highest BCUT2D eigenvalue weighted by molar-refractivity contribution is 7.99. The maximum atomic E-state index is 13.2. The van der Waals surface area contributed by atoms with Gasteiger partial charge in [-0.05, 0) is 36.4 Å². The Balaban J connectivity index is 1.52. The molecule has 11 heteroatoms. The van der Waals surface area contributed by atoms with Crippen LogP contribution in [0.15, 0.2) is 52.3 Å². The van der Waals surface area contributed by atoms with Crippen molar-refractivity contribution in [3.8, 4) is 0 Å². The van der Waals surface area contributed by atoms with E-state index in [4.69, 9.17) is 0 Å². The first-order valence-electron chi connectivity index (χ1n) is 10.0. The van der Waals surface area contributed by atoms with Crippen molar-refractivity contribution in [2.75, 3.05) is 48.3 Å². The van der Waals surface area contributed by atoms with Crippen molar-refractivity contribution in [1.29, 1.82) is 0 Å². The van der Waals surface area contributed by atoms with Gasteiger partial charge < -0.3 is 9.80 Å². The van der Waals surface area contributed by atoms with Crippen molar-refractivity contribution in [3.63, 3.8) is 0 Å². The Kier molecular flexibility index (Phi) is 6.17. The molecule has 6 nitrogen and oxygen atoms in total. The van der Waals surface area contributed by atoms with E-state index in [-0.39, 0.29) is 37.0 Å². The van der Waals surface area contributed by atoms with E-state index in [1.54, 1.807) is 39.8 Å². The first kappa shape index (κ1) is 22.9. The molecule has 1 saturated heterocycles. The number of anilines is 2. The second-order valence-corrected chi connectivity index (χ2v) is 10.7. The number of thioether (sulfide) groups is 1. The minimum Gasteiger partial charge on any atom is -0.369 e. The molecule has 2 aromatic rings. The zero-order valence-electron chi connectivity index (χ0n) is 17.3. The monoisotopic (exact) mass is 485 g/mol. The van der Waals surface area contributed by atoms with E-state index < -0.39 is 21.8 Å². The average molecular weight is 486 g/mol. The van der Waals surface area contributed by atoms with E-state index in [1.165, 1.54) is 23.4 Å². The number of hydrogen-bond donors (Lipinski definition) is 0. The second-order valence-electron chi connectivity index (χ2n) is 7.59. The van der Waals surface area contributed by atoms with Crippen LogP contribution in [0.1, 0.15) is 12.5 Å². The summed E-state index contributed by atoms with van der Waals surface area (Å²) in [5, 5.41) is 0. The number of amides is 1. The van der Waals surface area contributed by atoms with E-state index in [1.807, 2.05) is 0 Å². The molecule has 0 saturated carbocycles. The number of fused-ring (bicyclic) bond motifs is 1. The standard InChI is InChI=1S/C21H22F3N3O3S2/c1-15(28)27-11-12-31-20-6-5-18(14-19(20)27)32(29,30)26-9-7-25(8-10-26)17-4-2-3-16(13-17)21(22,23)24/h2-6,13-14H,7-12H2,1H3. The number of hydrogen-bond acceptors (Lipinski definition) is 5. The van der Waals surface area contributed by atoms with Crippen LogP contribution in [0.4, 0.5) is 24.5 Å². The molecule has 2 heterocycles. The minimum atomic E-state index is -4.43. The van der Waals surface area contributed by atoms with Crippen molar-refractivity contribution in [1.82, 2.24) is 4.31 Å². The normalized spacial score (nSPS) is 17.9. The molecule has 2 aliphatic heterocycles. The Hall–Kier alpha value is -2.24. The number of rotatable bonds is 3. The molecule has 0 spiro atoms. The third kappa shape index (κ3) is 4.46. The van der Waals surface area contributed by atoms with Crippen molar-refractivity contribution in [3.05, 3.63) is 48.0 Å². The summed E-state index contributed by atoms with van der Waals surface area (Å²) in [6, 6.07) is 9.86. The second kappa shape index (κ2) is 8.60. The number of halogens is 3. The van der Waals surface area contributed by atoms with Crippen LogP contribution in [0.2, 0.25) is 0 Å². The van der Waals surface area contributed by atoms with Crippen LogP contribution in [-0.4, -0.2) is 57.1 Å². The average Bonchev–Trinajstić information content (AvgIpc) is 2.77. The fourth-order valence-corrected chi connectivity index (χ4v) is 6.32. The number of carbonyl (C=O) groups excluding carboxylic acids is 1. The molecule has 1 fully saturated rings. The number of nitrogens with zero attached hydrogens (tertiary/aromatic N) is 3. The van der Waals surface area contributed by atoms with Gasteiger partial charge in [0.1, 0.15) is 0 Å². The Morgan fingerprint density at radius 1 is 1.00 bits per heavy atom. The number of carbonyl (C=O) groups is 1. The molecule has 4 rings (SSSR count). The number of sulfonamides is 1. The molecular weight excluding hydrogens is 463 g/mol. The molecule has 0 bridgehead atoms. The Morgan fingerprint density at radius 3 is 2.38 bits per heavy atom. The Labute approximate surface area is 189 Å². The number of piperazine rings is 1. The molecule has 0 unspecified atom stereocenters. The zero-order chi connectivity index (χ0) is 23.1. The first-order valence-corrected chi connectivity index (χ1v) is 12.5. The van der Waals surface area contributed by atoms with Crippen molar-refractivity contribution in [2.24, 2.45) is 0 Å². The van der Waals surface area contributed by atoms with Crippen LogP contribution in [0.3, 0.4) is 0 Å². The summed E-state index contributed by atoms with van der Waals surface area (Å²) >= 11 is 1.58. The maximum Gasteiger partial charge on any atom is 0.416 e. The van der Waals surface area contributed by atoms with E-state index in [0.29, 0.717) is 17.9 Å². The number of benzene rings is 2. The Morgan fingerprint density at radius 2 is 1.72 bits per heavy atom. The smallest absolute Gasteiger partial charge is 0.369 e. The van der Waals surface area contributed by atoms with E-state index in [2.05, 4.69) is 0 Å². The summed E-state index contributed by atoms with van der Waals surface area (Å²) in [6.45, 7) is 2.84. The predicted molar refractivity (Wildman–Crippen MR) is 118 cm³/mol. The molecule has 0 N–H and O–H groups in total. The van der Waals surface area contributed by atoms with Crippen molar-refractivity contribution < 1.29 is 26.4 Å². The largest absolute Gasteiger partial charge is 0.416 e. The molecule has 32 heavy (non-hydrogen) atoms. The molecule has 0 atom stereocenters. The van der Waals surface area contributed by atoms with Gasteiger partial charge in [-0.3, -0.25) is 4.79 Å². The summed E-state index contributed by atoms with van der Waals surface area (Å²) in [7, 11) is -3.80. The van der Waals surface area contributed by atoms with E-state index in [9.17, 15) is 26.4 Å². The van der Waals surface area contributed by atoms with Crippen LogP contribution in [0.25, 0.3) is 0 Å². The predicted octanol–water partition coefficient (Wildman–Crippen LogP) is 3.67. The maximum absolute atomic E-state index is 13.2. The SMILES string of the molecule is CC(=O)N1CCSc2ccc(S(=O)(=O)N3CCN(c4cccc(C(F)(F)F)c4)CC3)cc21. The van der Waals surface area contributed by atoms with Crippen LogP contribution in [0.5, 0.6) is 0 Å². The lowest BCUT2D eigenvalue weighted by Crippen LogP contribution is -2.48. The third-order valence-electron chi connectivity index (χ3n) is 5.59. The van der Waals surface area contributed by atoms with Gasteiger partial charge in [0.05, 0.1) is 16.1 Å². The minimum absolute atomic E-state index is 0.109. The zero-order valence-corrected chi connectivity index (χ0v) is 18.9. The summed E-state index contributed by atoms with van der Waals surface area (Å²) in [5.41, 5.74) is 0.282. The van der Waals surface area contributed by atoms with Gasteiger partial charge in [0, 0.05) is 56.0 Å². The quantitative estimate of drug-likeness (QED) is 0.664. The molecule has 2 aliphatic rings. The summed E-state index contributed by atoms with van der Waals surface area (Å²) in [6.07, 6.45) is -4.43. The molecule has 172 valence electrons. The van der Waals surface area contributed by atoms with Crippen LogP contribution in [-0.2, 0) is 21.0 Å². The van der Waals surface area contributed by atoms with Crippen molar-refractivity contribution >= 4 is 39.1 Å². The van der Waals surface area contributed by atoms with Gasteiger partial charge >= 0.3 is 6.18 Å². The fourth-order valence-electron chi connectivity index (χ4n) is 3.90. The molecule has 0 aliphatic carbocycles. The summed E-state index contributed by atoms with van der Waals surface area (Å²) < 4.78 is 66.8. The Bertz CT molecular complexity index is 1130. The van der Waals surface area contributed by atoms with Gasteiger partial charge in [-0.1, -0.05) is 6.07 Å².